The molecule has 2 aromatic carbocycles. The van der Waals surface area contributed by atoms with E-state index in [9.17, 15) is 0 Å². The molecule has 0 amide bonds. The van der Waals surface area contributed by atoms with Crippen LogP contribution in [0.1, 0.15) is 44.0 Å². The van der Waals surface area contributed by atoms with E-state index in [0.717, 1.165) is 16.7 Å². The Hall–Kier alpha value is -1.64. The number of benzene rings is 2. The average molecular weight is 270 g/mol. The van der Waals surface area contributed by atoms with Gasteiger partial charge < -0.3 is 11.5 Å². The zero-order valence-electron chi connectivity index (χ0n) is 12.8. The number of hydrogen-bond acceptors (Lipinski definition) is 2. The standard InChI is InChI=1S/C14H16N2.C4H10/c1-10-6-8-11(9-7-10)12-4-2-3-5-13(12)14(15)16;1-3-4-2/h2-9,14H,15-16H2,1H3;3-4H2,1-2H3. The van der Waals surface area contributed by atoms with Crippen LogP contribution in [0, 0.1) is 6.92 Å². The van der Waals surface area contributed by atoms with Crippen molar-refractivity contribution in [2.45, 2.75) is 39.8 Å². The maximum absolute atomic E-state index is 5.76. The first-order valence-corrected chi connectivity index (χ1v) is 7.27. The van der Waals surface area contributed by atoms with Crippen LogP contribution in [0.25, 0.3) is 11.1 Å². The van der Waals surface area contributed by atoms with Crippen molar-refractivity contribution in [3.63, 3.8) is 0 Å². The molecular weight excluding hydrogens is 244 g/mol. The van der Waals surface area contributed by atoms with Gasteiger partial charge in [-0.15, -0.1) is 0 Å². The lowest BCUT2D eigenvalue weighted by Crippen LogP contribution is -2.20. The fraction of sp³-hybridized carbons (Fsp3) is 0.333. The summed E-state index contributed by atoms with van der Waals surface area (Å²) >= 11 is 0. The van der Waals surface area contributed by atoms with Crippen molar-refractivity contribution >= 4 is 0 Å². The van der Waals surface area contributed by atoms with E-state index in [4.69, 9.17) is 11.5 Å². The molecule has 2 rings (SSSR count). The van der Waals surface area contributed by atoms with Gasteiger partial charge in [0.25, 0.3) is 0 Å². The van der Waals surface area contributed by atoms with Crippen LogP contribution >= 0.6 is 0 Å². The van der Waals surface area contributed by atoms with Gasteiger partial charge in [0.05, 0.1) is 6.17 Å². The Kier molecular flexibility index (Phi) is 6.99. The largest absolute Gasteiger partial charge is 0.312 e. The van der Waals surface area contributed by atoms with E-state index in [1.807, 2.05) is 24.3 Å². The number of unbranched alkanes of at least 4 members (excludes halogenated alkanes) is 1. The lowest BCUT2D eigenvalue weighted by Gasteiger charge is -2.12. The third-order valence-electron chi connectivity index (χ3n) is 3.18. The molecule has 0 heterocycles. The van der Waals surface area contributed by atoms with Crippen LogP contribution in [0.5, 0.6) is 0 Å². The molecule has 0 aliphatic heterocycles. The van der Waals surface area contributed by atoms with Crippen LogP contribution in [0.3, 0.4) is 0 Å². The molecule has 108 valence electrons. The lowest BCUT2D eigenvalue weighted by molar-refractivity contribution is 0.776. The zero-order valence-corrected chi connectivity index (χ0v) is 12.8. The minimum absolute atomic E-state index is 0.433. The fourth-order valence-electron chi connectivity index (χ4n) is 1.78. The van der Waals surface area contributed by atoms with E-state index >= 15 is 0 Å². The number of hydrogen-bond donors (Lipinski definition) is 2. The molecule has 0 spiro atoms. The minimum atomic E-state index is -0.433. The molecule has 0 saturated heterocycles. The first-order chi connectivity index (χ1) is 9.60. The van der Waals surface area contributed by atoms with Gasteiger partial charge in [-0.1, -0.05) is 80.8 Å². The second kappa shape index (κ2) is 8.51. The minimum Gasteiger partial charge on any atom is -0.312 e. The lowest BCUT2D eigenvalue weighted by atomic mass is 9.97. The summed E-state index contributed by atoms with van der Waals surface area (Å²) in [5.41, 5.74) is 16.0. The number of nitrogens with two attached hydrogens (primary N) is 2. The number of aryl methyl sites for hydroxylation is 1. The van der Waals surface area contributed by atoms with E-state index in [2.05, 4.69) is 45.0 Å². The normalized spacial score (nSPS) is 10.1. The van der Waals surface area contributed by atoms with Gasteiger partial charge in [-0.3, -0.25) is 0 Å². The van der Waals surface area contributed by atoms with Crippen molar-refractivity contribution in [3.05, 3.63) is 59.7 Å². The third kappa shape index (κ3) is 4.80. The smallest absolute Gasteiger partial charge is 0.0790 e. The summed E-state index contributed by atoms with van der Waals surface area (Å²) in [7, 11) is 0. The predicted molar refractivity (Wildman–Crippen MR) is 88.3 cm³/mol. The molecule has 2 heteroatoms. The quantitative estimate of drug-likeness (QED) is 0.813. The Morgan fingerprint density at radius 3 is 1.90 bits per heavy atom. The van der Waals surface area contributed by atoms with E-state index in [0.29, 0.717) is 0 Å². The Morgan fingerprint density at radius 1 is 0.850 bits per heavy atom. The van der Waals surface area contributed by atoms with Crippen molar-refractivity contribution in [1.82, 2.24) is 0 Å². The van der Waals surface area contributed by atoms with Crippen molar-refractivity contribution in [3.8, 4) is 11.1 Å². The van der Waals surface area contributed by atoms with E-state index in [1.54, 1.807) is 0 Å². The highest BCUT2D eigenvalue weighted by Gasteiger charge is 2.07. The molecule has 0 atom stereocenters. The van der Waals surface area contributed by atoms with Gasteiger partial charge in [-0.2, -0.15) is 0 Å². The first-order valence-electron chi connectivity index (χ1n) is 7.27. The Morgan fingerprint density at radius 2 is 1.40 bits per heavy atom. The average Bonchev–Trinajstić information content (AvgIpc) is 2.48. The Balaban J connectivity index is 0.000000444. The van der Waals surface area contributed by atoms with Gasteiger partial charge in [-0.05, 0) is 23.6 Å². The fourth-order valence-corrected chi connectivity index (χ4v) is 1.78. The molecule has 0 unspecified atom stereocenters. The molecule has 0 bridgehead atoms. The van der Waals surface area contributed by atoms with Crippen LogP contribution < -0.4 is 11.5 Å². The van der Waals surface area contributed by atoms with Crippen molar-refractivity contribution in [2.75, 3.05) is 0 Å². The van der Waals surface area contributed by atoms with Gasteiger partial charge in [0.15, 0.2) is 0 Å². The molecule has 20 heavy (non-hydrogen) atoms. The molecule has 2 nitrogen and oxygen atoms in total. The highest BCUT2D eigenvalue weighted by molar-refractivity contribution is 5.68. The van der Waals surface area contributed by atoms with Crippen LogP contribution in [0.4, 0.5) is 0 Å². The van der Waals surface area contributed by atoms with Gasteiger partial charge in [0, 0.05) is 0 Å². The molecule has 4 N–H and O–H groups in total. The maximum Gasteiger partial charge on any atom is 0.0790 e. The molecule has 0 fully saturated rings. The zero-order chi connectivity index (χ0) is 15.0. The summed E-state index contributed by atoms with van der Waals surface area (Å²) in [5, 5.41) is 0. The number of rotatable bonds is 3. The van der Waals surface area contributed by atoms with Crippen LogP contribution in [0.2, 0.25) is 0 Å². The van der Waals surface area contributed by atoms with Crippen molar-refractivity contribution in [2.24, 2.45) is 11.5 Å². The van der Waals surface area contributed by atoms with Crippen LogP contribution in [0.15, 0.2) is 48.5 Å². The second-order valence-corrected chi connectivity index (χ2v) is 4.98. The maximum atomic E-state index is 5.76. The van der Waals surface area contributed by atoms with Crippen LogP contribution in [-0.4, -0.2) is 0 Å². The highest BCUT2D eigenvalue weighted by atomic mass is 14.8. The molecule has 0 aromatic heterocycles. The van der Waals surface area contributed by atoms with Gasteiger partial charge in [0.1, 0.15) is 0 Å². The summed E-state index contributed by atoms with van der Waals surface area (Å²) in [6, 6.07) is 16.3. The SMILES string of the molecule is CCCC.Cc1ccc(-c2ccccc2C(N)N)cc1. The molecular formula is C18H26N2. The van der Waals surface area contributed by atoms with Gasteiger partial charge in [-0.25, -0.2) is 0 Å². The van der Waals surface area contributed by atoms with E-state index < -0.39 is 6.17 Å². The van der Waals surface area contributed by atoms with Gasteiger partial charge >= 0.3 is 0 Å². The van der Waals surface area contributed by atoms with Crippen molar-refractivity contribution < 1.29 is 0 Å². The summed E-state index contributed by atoms with van der Waals surface area (Å²) in [5.74, 6) is 0. The van der Waals surface area contributed by atoms with Crippen molar-refractivity contribution in [1.29, 1.82) is 0 Å². The first kappa shape index (κ1) is 16.4. The molecule has 0 radical (unpaired) electrons. The van der Waals surface area contributed by atoms with E-state index in [1.165, 1.54) is 18.4 Å². The third-order valence-corrected chi connectivity index (χ3v) is 3.18. The molecule has 0 aliphatic rings. The second-order valence-electron chi connectivity index (χ2n) is 4.98. The predicted octanol–water partition coefficient (Wildman–Crippen LogP) is 4.38. The summed E-state index contributed by atoms with van der Waals surface area (Å²) < 4.78 is 0. The topological polar surface area (TPSA) is 52.0 Å². The molecule has 2 aromatic rings. The molecule has 0 aliphatic carbocycles. The van der Waals surface area contributed by atoms with Gasteiger partial charge in [0.2, 0.25) is 0 Å². The summed E-state index contributed by atoms with van der Waals surface area (Å²) in [4.78, 5) is 0. The molecule has 0 saturated carbocycles. The Labute approximate surface area is 122 Å². The van der Waals surface area contributed by atoms with Crippen LogP contribution in [-0.2, 0) is 0 Å². The highest BCUT2D eigenvalue weighted by Crippen LogP contribution is 2.25. The monoisotopic (exact) mass is 270 g/mol. The van der Waals surface area contributed by atoms with E-state index in [-0.39, 0.29) is 0 Å². The summed E-state index contributed by atoms with van der Waals surface area (Å²) in [6.45, 7) is 6.43. The summed E-state index contributed by atoms with van der Waals surface area (Å²) in [6.07, 6.45) is 2.21. The Bertz CT molecular complexity index is 499.